The Balaban J connectivity index is 1.47. The largest absolute Gasteiger partial charge is 0.489 e. The molecule has 0 atom stereocenters. The van der Waals surface area contributed by atoms with E-state index in [0.29, 0.717) is 17.2 Å². The summed E-state index contributed by atoms with van der Waals surface area (Å²) in [7, 11) is 0. The smallest absolute Gasteiger partial charge is 0.119 e. The fraction of sp³-hybridized carbons (Fsp3) is 0.0385. The molecular formula is C26H18ClNO. The fourth-order valence-electron chi connectivity index (χ4n) is 3.17. The Morgan fingerprint density at radius 2 is 1.59 bits per heavy atom. The van der Waals surface area contributed by atoms with Gasteiger partial charge in [-0.05, 0) is 52.2 Å². The predicted octanol–water partition coefficient (Wildman–Crippen LogP) is 7.14. The number of benzene rings is 4. The first-order valence-corrected chi connectivity index (χ1v) is 9.68. The van der Waals surface area contributed by atoms with Crippen LogP contribution in [0.5, 0.6) is 5.75 Å². The number of rotatable bonds is 5. The quantitative estimate of drug-likeness (QED) is 0.266. The first-order valence-electron chi connectivity index (χ1n) is 9.30. The molecule has 0 heterocycles. The van der Waals surface area contributed by atoms with Crippen LogP contribution in [0.4, 0.5) is 0 Å². The van der Waals surface area contributed by atoms with E-state index in [1.165, 1.54) is 10.8 Å². The van der Waals surface area contributed by atoms with Gasteiger partial charge in [0.25, 0.3) is 0 Å². The molecule has 0 aliphatic heterocycles. The van der Waals surface area contributed by atoms with Gasteiger partial charge in [0.05, 0.1) is 11.6 Å². The minimum atomic E-state index is 0.503. The molecule has 0 aliphatic carbocycles. The van der Waals surface area contributed by atoms with E-state index in [1.54, 1.807) is 6.07 Å². The van der Waals surface area contributed by atoms with Gasteiger partial charge >= 0.3 is 0 Å². The molecule has 0 saturated carbocycles. The van der Waals surface area contributed by atoms with Crippen LogP contribution in [0.25, 0.3) is 22.4 Å². The van der Waals surface area contributed by atoms with E-state index < -0.39 is 0 Å². The molecule has 0 bridgehead atoms. The van der Waals surface area contributed by atoms with Crippen LogP contribution in [0.3, 0.4) is 0 Å². The maximum atomic E-state index is 9.50. The van der Waals surface area contributed by atoms with Crippen molar-refractivity contribution in [2.45, 2.75) is 6.61 Å². The van der Waals surface area contributed by atoms with E-state index in [9.17, 15) is 5.26 Å². The lowest BCUT2D eigenvalue weighted by Crippen LogP contribution is -1.95. The summed E-state index contributed by atoms with van der Waals surface area (Å²) in [5, 5.41) is 12.5. The molecule has 0 radical (unpaired) electrons. The van der Waals surface area contributed by atoms with Crippen molar-refractivity contribution < 1.29 is 4.74 Å². The number of halogens is 1. The highest BCUT2D eigenvalue weighted by Crippen LogP contribution is 2.26. The van der Waals surface area contributed by atoms with E-state index in [-0.39, 0.29) is 0 Å². The Morgan fingerprint density at radius 1 is 0.862 bits per heavy atom. The molecule has 0 aromatic heterocycles. The molecule has 4 rings (SSSR count). The van der Waals surface area contributed by atoms with Crippen molar-refractivity contribution in [2.24, 2.45) is 0 Å². The van der Waals surface area contributed by atoms with Gasteiger partial charge < -0.3 is 4.74 Å². The van der Waals surface area contributed by atoms with E-state index in [1.807, 2.05) is 60.7 Å². The molecule has 0 fully saturated rings. The summed E-state index contributed by atoms with van der Waals surface area (Å²) in [5.74, 6) is 0.784. The molecule has 0 aliphatic rings. The molecule has 29 heavy (non-hydrogen) atoms. The van der Waals surface area contributed by atoms with Gasteiger partial charge in [0.1, 0.15) is 12.4 Å². The van der Waals surface area contributed by atoms with Crippen LogP contribution in [-0.4, -0.2) is 0 Å². The van der Waals surface area contributed by atoms with Gasteiger partial charge in [0.2, 0.25) is 0 Å². The second-order valence-corrected chi connectivity index (χ2v) is 7.10. The number of nitrogens with zero attached hydrogens (tertiary/aromatic N) is 1. The van der Waals surface area contributed by atoms with Crippen molar-refractivity contribution in [2.75, 3.05) is 0 Å². The van der Waals surface area contributed by atoms with Gasteiger partial charge in [-0.3, -0.25) is 0 Å². The zero-order chi connectivity index (χ0) is 20.1. The highest BCUT2D eigenvalue weighted by Gasteiger charge is 2.05. The maximum Gasteiger partial charge on any atom is 0.119 e. The third-order valence-electron chi connectivity index (χ3n) is 4.69. The topological polar surface area (TPSA) is 33.0 Å². The van der Waals surface area contributed by atoms with Crippen LogP contribution >= 0.6 is 11.6 Å². The standard InChI is InChI=1S/C26H18ClNO/c27-26-8-4-3-7-25(26)23(17-28)15-19-10-13-24(14-11-19)29-18-20-9-12-21-5-1-2-6-22(21)16-20/h1-16H,18H2. The second kappa shape index (κ2) is 8.65. The summed E-state index contributed by atoms with van der Waals surface area (Å²) < 4.78 is 5.92. The van der Waals surface area contributed by atoms with E-state index in [4.69, 9.17) is 16.3 Å². The van der Waals surface area contributed by atoms with Crippen LogP contribution in [0, 0.1) is 11.3 Å². The molecule has 4 aromatic carbocycles. The second-order valence-electron chi connectivity index (χ2n) is 6.69. The summed E-state index contributed by atoms with van der Waals surface area (Å²) in [6.07, 6.45) is 1.83. The summed E-state index contributed by atoms with van der Waals surface area (Å²) in [6.45, 7) is 0.503. The van der Waals surface area contributed by atoms with Gasteiger partial charge in [-0.1, -0.05) is 78.3 Å². The molecule has 140 valence electrons. The monoisotopic (exact) mass is 395 g/mol. The minimum Gasteiger partial charge on any atom is -0.489 e. The van der Waals surface area contributed by atoms with Gasteiger partial charge in [0.15, 0.2) is 0 Å². The number of hydrogen-bond acceptors (Lipinski definition) is 2. The average Bonchev–Trinajstić information content (AvgIpc) is 2.77. The van der Waals surface area contributed by atoms with Gasteiger partial charge in [-0.15, -0.1) is 0 Å². The van der Waals surface area contributed by atoms with Crippen molar-refractivity contribution in [3.63, 3.8) is 0 Å². The number of hydrogen-bond donors (Lipinski definition) is 0. The van der Waals surface area contributed by atoms with Crippen molar-refractivity contribution in [1.29, 1.82) is 5.26 Å². The van der Waals surface area contributed by atoms with Crippen LogP contribution < -0.4 is 4.74 Å². The fourth-order valence-corrected chi connectivity index (χ4v) is 3.41. The number of allylic oxidation sites excluding steroid dienone is 1. The summed E-state index contributed by atoms with van der Waals surface area (Å²) in [5.41, 5.74) is 3.30. The SMILES string of the molecule is N#CC(=Cc1ccc(OCc2ccc3ccccc3c2)cc1)c1ccccc1Cl. The van der Waals surface area contributed by atoms with Crippen LogP contribution in [0.15, 0.2) is 91.0 Å². The Labute approximate surface area is 175 Å². The normalized spacial score (nSPS) is 11.2. The van der Waals surface area contributed by atoms with Crippen LogP contribution in [0.2, 0.25) is 5.02 Å². The summed E-state index contributed by atoms with van der Waals surface area (Å²) in [6, 6.07) is 31.9. The van der Waals surface area contributed by atoms with E-state index in [0.717, 1.165) is 22.4 Å². The Bertz CT molecular complexity index is 1220. The van der Waals surface area contributed by atoms with Crippen molar-refractivity contribution in [1.82, 2.24) is 0 Å². The predicted molar refractivity (Wildman–Crippen MR) is 120 cm³/mol. The van der Waals surface area contributed by atoms with Crippen molar-refractivity contribution in [3.8, 4) is 11.8 Å². The molecule has 4 aromatic rings. The summed E-state index contributed by atoms with van der Waals surface area (Å²) >= 11 is 6.21. The van der Waals surface area contributed by atoms with Gasteiger partial charge in [-0.2, -0.15) is 5.26 Å². The molecule has 0 unspecified atom stereocenters. The number of ether oxygens (including phenoxy) is 1. The molecule has 2 nitrogen and oxygen atoms in total. The highest BCUT2D eigenvalue weighted by atomic mass is 35.5. The van der Waals surface area contributed by atoms with Crippen molar-refractivity contribution in [3.05, 3.63) is 113 Å². The molecular weight excluding hydrogens is 378 g/mol. The third kappa shape index (κ3) is 4.48. The van der Waals surface area contributed by atoms with Crippen LogP contribution in [0.1, 0.15) is 16.7 Å². The lowest BCUT2D eigenvalue weighted by molar-refractivity contribution is 0.306. The average molecular weight is 396 g/mol. The molecule has 0 saturated heterocycles. The highest BCUT2D eigenvalue weighted by molar-refractivity contribution is 6.32. The third-order valence-corrected chi connectivity index (χ3v) is 5.02. The number of fused-ring (bicyclic) bond motifs is 1. The lowest BCUT2D eigenvalue weighted by Gasteiger charge is -2.08. The zero-order valence-electron chi connectivity index (χ0n) is 15.7. The van der Waals surface area contributed by atoms with Gasteiger partial charge in [-0.25, -0.2) is 0 Å². The zero-order valence-corrected chi connectivity index (χ0v) is 16.4. The Kier molecular flexibility index (Phi) is 5.61. The first kappa shape index (κ1) is 18.8. The Morgan fingerprint density at radius 3 is 2.34 bits per heavy atom. The lowest BCUT2D eigenvalue weighted by atomic mass is 10.0. The maximum absolute atomic E-state index is 9.50. The molecule has 0 amide bonds. The Hall–Kier alpha value is -3.54. The summed E-state index contributed by atoms with van der Waals surface area (Å²) in [4.78, 5) is 0. The molecule has 0 N–H and O–H groups in total. The molecule has 0 spiro atoms. The number of nitriles is 1. The minimum absolute atomic E-state index is 0.503. The van der Waals surface area contributed by atoms with Crippen LogP contribution in [-0.2, 0) is 6.61 Å². The molecule has 3 heteroatoms. The first-order chi connectivity index (χ1) is 14.2. The van der Waals surface area contributed by atoms with E-state index in [2.05, 4.69) is 36.4 Å². The van der Waals surface area contributed by atoms with E-state index >= 15 is 0 Å². The van der Waals surface area contributed by atoms with Crippen molar-refractivity contribution >= 4 is 34.0 Å². The van der Waals surface area contributed by atoms with Gasteiger partial charge in [0, 0.05) is 10.6 Å².